The zero-order chi connectivity index (χ0) is 27.9. The second kappa shape index (κ2) is 11.3. The maximum absolute atomic E-state index is 13.9. The fourth-order valence-electron chi connectivity index (χ4n) is 5.35. The second-order valence-corrected chi connectivity index (χ2v) is 13.0. The van der Waals surface area contributed by atoms with Gasteiger partial charge < -0.3 is 14.0 Å². The molecule has 1 N–H and O–H groups in total. The van der Waals surface area contributed by atoms with E-state index in [0.717, 1.165) is 74.9 Å². The molecule has 8 nitrogen and oxygen atoms in total. The Kier molecular flexibility index (Phi) is 8.19. The molecule has 0 radical (unpaired) electrons. The Morgan fingerprint density at radius 1 is 1.03 bits per heavy atom. The number of morpholine rings is 1. The minimum Gasteiger partial charge on any atom is -0.489 e. The van der Waals surface area contributed by atoms with Crippen LogP contribution in [0.2, 0.25) is 0 Å². The fourth-order valence-corrected chi connectivity index (χ4v) is 6.71. The molecule has 1 fully saturated rings. The van der Waals surface area contributed by atoms with Gasteiger partial charge in [-0.2, -0.15) is 8.42 Å². The Labute approximate surface area is 243 Å². The molecule has 4 aromatic rings. The molecular weight excluding hydrogens is 652 g/mol. The van der Waals surface area contributed by atoms with Crippen molar-refractivity contribution < 1.29 is 27.2 Å². The van der Waals surface area contributed by atoms with Crippen molar-refractivity contribution in [2.75, 3.05) is 45.7 Å². The monoisotopic (exact) mass is 678 g/mol. The molecular formula is C28H28Br2N2O6S. The van der Waals surface area contributed by atoms with Crippen LogP contribution < -0.4 is 4.74 Å². The molecule has 1 aromatic heterocycles. The third-order valence-electron chi connectivity index (χ3n) is 6.92. The van der Waals surface area contributed by atoms with Gasteiger partial charge in [-0.25, -0.2) is 0 Å². The van der Waals surface area contributed by atoms with Gasteiger partial charge in [-0.1, -0.05) is 50.1 Å². The van der Waals surface area contributed by atoms with E-state index in [4.69, 9.17) is 14.0 Å². The number of nitrogens with zero attached hydrogens (tertiary/aromatic N) is 2. The number of carbonyl (C=O) groups excluding carboxylic acids is 1. The number of ether oxygens (including phenoxy) is 2. The summed E-state index contributed by atoms with van der Waals surface area (Å²) in [5.74, 6) is 0.871. The SMILES string of the molecule is CS(=O)(=O)O.Cc1cc2c(C(=O)c3cccc4c(Br)cc(Br)cc34)ccc3c2n1C(CN1CCOCC1)CO3. The summed E-state index contributed by atoms with van der Waals surface area (Å²) in [6.45, 7) is 7.11. The Balaban J connectivity index is 0.000000567. The summed E-state index contributed by atoms with van der Waals surface area (Å²) < 4.78 is 41.9. The molecule has 3 aromatic carbocycles. The first-order valence-corrected chi connectivity index (χ1v) is 15.9. The predicted molar refractivity (Wildman–Crippen MR) is 159 cm³/mol. The van der Waals surface area contributed by atoms with Crippen molar-refractivity contribution >= 4 is 69.4 Å². The molecule has 2 aliphatic rings. The lowest BCUT2D eigenvalue weighted by Gasteiger charge is -2.34. The molecule has 1 unspecified atom stereocenters. The van der Waals surface area contributed by atoms with Crippen LogP contribution >= 0.6 is 31.9 Å². The summed E-state index contributed by atoms with van der Waals surface area (Å²) in [4.78, 5) is 16.4. The highest BCUT2D eigenvalue weighted by Gasteiger charge is 2.29. The van der Waals surface area contributed by atoms with E-state index in [9.17, 15) is 13.2 Å². The summed E-state index contributed by atoms with van der Waals surface area (Å²) in [6.07, 6.45) is 0.715. The van der Waals surface area contributed by atoms with Gasteiger partial charge in [0.05, 0.1) is 31.0 Å². The van der Waals surface area contributed by atoms with E-state index in [0.29, 0.717) is 24.0 Å². The van der Waals surface area contributed by atoms with E-state index in [1.54, 1.807) is 0 Å². The minimum absolute atomic E-state index is 0.0228. The predicted octanol–water partition coefficient (Wildman–Crippen LogP) is 5.63. The number of halogens is 2. The highest BCUT2D eigenvalue weighted by Crippen LogP contribution is 2.39. The molecule has 0 spiro atoms. The molecule has 11 heteroatoms. The molecule has 0 bridgehead atoms. The number of benzene rings is 3. The molecule has 2 aliphatic heterocycles. The maximum Gasteiger partial charge on any atom is 0.261 e. The quantitative estimate of drug-likeness (QED) is 0.221. The second-order valence-electron chi connectivity index (χ2n) is 9.76. The first-order chi connectivity index (χ1) is 18.5. The van der Waals surface area contributed by atoms with Crippen molar-refractivity contribution in [3.8, 4) is 5.75 Å². The summed E-state index contributed by atoms with van der Waals surface area (Å²) in [7, 11) is -3.67. The van der Waals surface area contributed by atoms with E-state index in [2.05, 4.69) is 54.3 Å². The standard InChI is InChI=1S/C27H24Br2N2O3.CH4O3S/c1-16-11-23-21(27(32)20-4-2-3-19-22(20)12-17(28)13-24(19)29)5-6-25-26(23)31(16)18(15-34-25)14-30-7-9-33-10-8-30;1-5(2,3)4/h2-6,11-13,18H,7-10,14-15H2,1H3;1H3,(H,2,3,4). The van der Waals surface area contributed by atoms with Crippen LogP contribution in [-0.4, -0.2) is 73.9 Å². The van der Waals surface area contributed by atoms with E-state index in [1.165, 1.54) is 0 Å². The van der Waals surface area contributed by atoms with Gasteiger partial charge in [0.1, 0.15) is 12.4 Å². The number of carbonyl (C=O) groups is 1. The van der Waals surface area contributed by atoms with Gasteiger partial charge in [0.25, 0.3) is 10.1 Å². The van der Waals surface area contributed by atoms with Gasteiger partial charge in [0.2, 0.25) is 0 Å². The zero-order valence-electron chi connectivity index (χ0n) is 21.5. The Hall–Kier alpha value is -2.28. The Morgan fingerprint density at radius 3 is 2.44 bits per heavy atom. The molecule has 3 heterocycles. The maximum atomic E-state index is 13.9. The van der Waals surface area contributed by atoms with Crippen LogP contribution in [0.3, 0.4) is 0 Å². The van der Waals surface area contributed by atoms with Crippen LogP contribution in [0.1, 0.15) is 27.7 Å². The van der Waals surface area contributed by atoms with Crippen LogP contribution in [0.4, 0.5) is 0 Å². The van der Waals surface area contributed by atoms with Crippen LogP contribution in [0, 0.1) is 6.92 Å². The van der Waals surface area contributed by atoms with E-state index in [-0.39, 0.29) is 11.8 Å². The number of hydrogen-bond acceptors (Lipinski definition) is 6. The summed E-state index contributed by atoms with van der Waals surface area (Å²) in [5, 5.41) is 2.90. The highest BCUT2D eigenvalue weighted by molar-refractivity contribution is 9.11. The molecule has 0 aliphatic carbocycles. The van der Waals surface area contributed by atoms with Crippen molar-refractivity contribution in [2.45, 2.75) is 13.0 Å². The van der Waals surface area contributed by atoms with Gasteiger partial charge in [-0.15, -0.1) is 0 Å². The van der Waals surface area contributed by atoms with Crippen LogP contribution in [0.15, 0.2) is 57.5 Å². The molecule has 0 saturated carbocycles. The third kappa shape index (κ3) is 6.08. The van der Waals surface area contributed by atoms with Gasteiger partial charge in [0, 0.05) is 50.8 Å². The summed E-state index contributed by atoms with van der Waals surface area (Å²) in [6, 6.07) is 16.1. The lowest BCUT2D eigenvalue weighted by Crippen LogP contribution is -2.42. The fraction of sp³-hybridized carbons (Fsp3) is 0.321. The highest BCUT2D eigenvalue weighted by atomic mass is 79.9. The van der Waals surface area contributed by atoms with Gasteiger partial charge >= 0.3 is 0 Å². The third-order valence-corrected chi connectivity index (χ3v) is 8.04. The molecule has 39 heavy (non-hydrogen) atoms. The molecule has 6 rings (SSSR count). The number of rotatable bonds is 4. The lowest BCUT2D eigenvalue weighted by molar-refractivity contribution is 0.0272. The Morgan fingerprint density at radius 2 is 1.72 bits per heavy atom. The van der Waals surface area contributed by atoms with Crippen molar-refractivity contribution in [3.05, 3.63) is 74.3 Å². The number of aryl methyl sites for hydroxylation is 1. The molecule has 0 amide bonds. The minimum atomic E-state index is -3.67. The number of hydrogen-bond donors (Lipinski definition) is 1. The van der Waals surface area contributed by atoms with Gasteiger partial charge in [-0.3, -0.25) is 14.2 Å². The molecule has 1 saturated heterocycles. The smallest absolute Gasteiger partial charge is 0.261 e. The summed E-state index contributed by atoms with van der Waals surface area (Å²) in [5.41, 5.74) is 3.58. The normalized spacial score (nSPS) is 17.5. The number of ketones is 1. The van der Waals surface area contributed by atoms with Gasteiger partial charge in [0.15, 0.2) is 5.78 Å². The van der Waals surface area contributed by atoms with Gasteiger partial charge in [-0.05, 0) is 48.0 Å². The van der Waals surface area contributed by atoms with Crippen LogP contribution in [0.5, 0.6) is 5.75 Å². The average Bonchev–Trinajstić information content (AvgIpc) is 3.23. The molecule has 1 atom stereocenters. The van der Waals surface area contributed by atoms with Crippen LogP contribution in [-0.2, 0) is 14.9 Å². The first kappa shape index (κ1) is 28.3. The van der Waals surface area contributed by atoms with Crippen molar-refractivity contribution in [1.82, 2.24) is 9.47 Å². The zero-order valence-corrected chi connectivity index (χ0v) is 25.5. The van der Waals surface area contributed by atoms with Crippen molar-refractivity contribution in [2.24, 2.45) is 0 Å². The van der Waals surface area contributed by atoms with Crippen molar-refractivity contribution in [3.63, 3.8) is 0 Å². The lowest BCUT2D eigenvalue weighted by atomic mass is 9.95. The summed E-state index contributed by atoms with van der Waals surface area (Å²) >= 11 is 7.22. The topological polar surface area (TPSA) is 98.1 Å². The number of aromatic nitrogens is 1. The average molecular weight is 680 g/mol. The number of fused-ring (bicyclic) bond motifs is 1. The largest absolute Gasteiger partial charge is 0.489 e. The van der Waals surface area contributed by atoms with E-state index >= 15 is 0 Å². The van der Waals surface area contributed by atoms with Crippen molar-refractivity contribution in [1.29, 1.82) is 0 Å². The molecule has 206 valence electrons. The van der Waals surface area contributed by atoms with Crippen LogP contribution in [0.25, 0.3) is 21.7 Å². The first-order valence-electron chi connectivity index (χ1n) is 12.4. The van der Waals surface area contributed by atoms with E-state index < -0.39 is 10.1 Å². The van der Waals surface area contributed by atoms with E-state index in [1.807, 2.05) is 42.5 Å². The Bertz CT molecular complexity index is 1670.